The van der Waals surface area contributed by atoms with Gasteiger partial charge in [-0.25, -0.2) is 4.39 Å². The third-order valence-corrected chi connectivity index (χ3v) is 4.38. The number of carbonyl (C=O) groups excluding carboxylic acids is 1. The topological polar surface area (TPSA) is 53.4 Å². The minimum atomic E-state index is -0.326. The summed E-state index contributed by atoms with van der Waals surface area (Å²) in [6.07, 6.45) is 5.43. The number of likely N-dealkylation sites (tertiary alicyclic amines) is 1. The quantitative estimate of drug-likeness (QED) is 0.943. The minimum absolute atomic E-state index is 0.0769. The zero-order valence-electron chi connectivity index (χ0n) is 13.5. The van der Waals surface area contributed by atoms with Crippen molar-refractivity contribution in [1.82, 2.24) is 9.88 Å². The molecule has 5 heteroatoms. The molecule has 24 heavy (non-hydrogen) atoms. The Morgan fingerprint density at radius 2 is 2.08 bits per heavy atom. The Bertz CT molecular complexity index is 720. The second kappa shape index (κ2) is 7.53. The number of benzene rings is 1. The van der Waals surface area contributed by atoms with E-state index in [4.69, 9.17) is 0 Å². The van der Waals surface area contributed by atoms with Crippen molar-refractivity contribution in [1.29, 1.82) is 0 Å². The van der Waals surface area contributed by atoms with Crippen molar-refractivity contribution in [3.63, 3.8) is 0 Å². The maximum atomic E-state index is 13.8. The molecule has 0 bridgehead atoms. The van der Waals surface area contributed by atoms with Crippen molar-refractivity contribution >= 4 is 5.91 Å². The highest BCUT2D eigenvalue weighted by Gasteiger charge is 2.21. The lowest BCUT2D eigenvalue weighted by molar-refractivity contribution is 0.0752. The molecule has 1 atom stereocenters. The van der Waals surface area contributed by atoms with Gasteiger partial charge in [0, 0.05) is 31.9 Å². The van der Waals surface area contributed by atoms with E-state index in [2.05, 4.69) is 4.98 Å². The first-order valence-corrected chi connectivity index (χ1v) is 8.28. The van der Waals surface area contributed by atoms with Gasteiger partial charge in [0.05, 0.1) is 11.7 Å². The highest BCUT2D eigenvalue weighted by molar-refractivity contribution is 5.94. The molecule has 1 aliphatic rings. The molecule has 1 aliphatic heterocycles. The van der Waals surface area contributed by atoms with Crippen LogP contribution in [-0.2, 0) is 6.42 Å². The van der Waals surface area contributed by atoms with Gasteiger partial charge >= 0.3 is 0 Å². The van der Waals surface area contributed by atoms with E-state index in [1.807, 2.05) is 0 Å². The van der Waals surface area contributed by atoms with Crippen LogP contribution >= 0.6 is 0 Å². The van der Waals surface area contributed by atoms with Crippen LogP contribution in [0.2, 0.25) is 0 Å². The number of halogens is 1. The SMILES string of the molecule is O=C(c1cncc(Cc2ccccc2F)c1)N1CCC[C@@H](O)CC1. The third-order valence-electron chi connectivity index (χ3n) is 4.38. The van der Waals surface area contributed by atoms with Gasteiger partial charge in [-0.05, 0) is 42.5 Å². The maximum Gasteiger partial charge on any atom is 0.255 e. The Kier molecular flexibility index (Phi) is 5.20. The largest absolute Gasteiger partial charge is 0.393 e. The monoisotopic (exact) mass is 328 g/mol. The Morgan fingerprint density at radius 1 is 1.25 bits per heavy atom. The molecule has 2 heterocycles. The van der Waals surface area contributed by atoms with E-state index in [1.165, 1.54) is 6.07 Å². The number of pyridine rings is 1. The minimum Gasteiger partial charge on any atom is -0.393 e. The molecule has 1 N–H and O–H groups in total. The number of aliphatic hydroxyl groups is 1. The summed E-state index contributed by atoms with van der Waals surface area (Å²) >= 11 is 0. The van der Waals surface area contributed by atoms with Gasteiger partial charge in [-0.2, -0.15) is 0 Å². The van der Waals surface area contributed by atoms with Gasteiger partial charge in [0.1, 0.15) is 5.82 Å². The van der Waals surface area contributed by atoms with Gasteiger partial charge in [-0.15, -0.1) is 0 Å². The van der Waals surface area contributed by atoms with Crippen LogP contribution in [0.5, 0.6) is 0 Å². The van der Waals surface area contributed by atoms with Crippen LogP contribution in [0.25, 0.3) is 0 Å². The number of rotatable bonds is 3. The molecule has 0 spiro atoms. The van der Waals surface area contributed by atoms with Gasteiger partial charge in [0.2, 0.25) is 0 Å². The Hall–Kier alpha value is -2.27. The first-order chi connectivity index (χ1) is 11.6. The average molecular weight is 328 g/mol. The smallest absolute Gasteiger partial charge is 0.255 e. The Balaban J connectivity index is 1.75. The number of carbonyl (C=O) groups is 1. The van der Waals surface area contributed by atoms with Crippen LogP contribution in [0.1, 0.15) is 40.7 Å². The van der Waals surface area contributed by atoms with Gasteiger partial charge < -0.3 is 10.0 Å². The summed E-state index contributed by atoms with van der Waals surface area (Å²) in [6, 6.07) is 8.40. The summed E-state index contributed by atoms with van der Waals surface area (Å²) in [5.74, 6) is -0.331. The van der Waals surface area contributed by atoms with Crippen LogP contribution < -0.4 is 0 Å². The second-order valence-corrected chi connectivity index (χ2v) is 6.23. The van der Waals surface area contributed by atoms with Crippen LogP contribution in [-0.4, -0.2) is 40.1 Å². The first-order valence-electron chi connectivity index (χ1n) is 8.28. The third kappa shape index (κ3) is 3.97. The highest BCUT2D eigenvalue weighted by atomic mass is 19.1. The molecule has 0 saturated carbocycles. The molecular formula is C19H21FN2O2. The normalized spacial score (nSPS) is 18.2. The van der Waals surface area contributed by atoms with Crippen molar-refractivity contribution in [3.8, 4) is 0 Å². The fourth-order valence-corrected chi connectivity index (χ4v) is 3.03. The highest BCUT2D eigenvalue weighted by Crippen LogP contribution is 2.17. The van der Waals surface area contributed by atoms with Gasteiger partial charge in [-0.3, -0.25) is 9.78 Å². The molecule has 0 aliphatic carbocycles. The number of aromatic nitrogens is 1. The van der Waals surface area contributed by atoms with Crippen molar-refractivity contribution in [2.75, 3.05) is 13.1 Å². The molecule has 1 aromatic carbocycles. The zero-order valence-corrected chi connectivity index (χ0v) is 13.5. The molecule has 1 aromatic heterocycles. The fraction of sp³-hybridized carbons (Fsp3) is 0.368. The van der Waals surface area contributed by atoms with Crippen LogP contribution in [0.15, 0.2) is 42.7 Å². The lowest BCUT2D eigenvalue weighted by Crippen LogP contribution is -2.32. The predicted octanol–water partition coefficient (Wildman–Crippen LogP) is 2.80. The standard InChI is InChI=1S/C19H21FN2O2/c20-18-6-2-1-4-15(18)10-14-11-16(13-21-12-14)19(24)22-8-3-5-17(23)7-9-22/h1-2,4,6,11-13,17,23H,3,5,7-10H2/t17-/m1/s1. The van der Waals surface area contributed by atoms with Gasteiger partial charge in [0.25, 0.3) is 5.91 Å². The zero-order chi connectivity index (χ0) is 16.9. The number of nitrogens with zero attached hydrogens (tertiary/aromatic N) is 2. The maximum absolute atomic E-state index is 13.8. The van der Waals surface area contributed by atoms with Crippen molar-refractivity contribution < 1.29 is 14.3 Å². The van der Waals surface area contributed by atoms with Crippen LogP contribution in [0, 0.1) is 5.82 Å². The number of aliphatic hydroxyl groups excluding tert-OH is 1. The van der Waals surface area contributed by atoms with E-state index in [9.17, 15) is 14.3 Å². The lowest BCUT2D eigenvalue weighted by Gasteiger charge is -2.20. The fourth-order valence-electron chi connectivity index (χ4n) is 3.03. The van der Waals surface area contributed by atoms with E-state index < -0.39 is 0 Å². The second-order valence-electron chi connectivity index (χ2n) is 6.23. The lowest BCUT2D eigenvalue weighted by atomic mass is 10.0. The summed E-state index contributed by atoms with van der Waals surface area (Å²) in [5, 5.41) is 9.71. The van der Waals surface area contributed by atoms with E-state index >= 15 is 0 Å². The summed E-state index contributed by atoms with van der Waals surface area (Å²) in [5.41, 5.74) is 1.91. The van der Waals surface area contributed by atoms with Crippen molar-refractivity contribution in [3.05, 3.63) is 65.2 Å². The molecule has 0 radical (unpaired) electrons. The molecule has 1 saturated heterocycles. The van der Waals surface area contributed by atoms with Crippen molar-refractivity contribution in [2.45, 2.75) is 31.8 Å². The van der Waals surface area contributed by atoms with Crippen molar-refractivity contribution in [2.24, 2.45) is 0 Å². The molecule has 3 rings (SSSR count). The number of hydrogen-bond donors (Lipinski definition) is 1. The molecule has 1 amide bonds. The molecular weight excluding hydrogens is 307 g/mol. The van der Waals surface area contributed by atoms with Gasteiger partial charge in [0.15, 0.2) is 0 Å². The van der Waals surface area contributed by atoms with E-state index in [0.29, 0.717) is 37.1 Å². The number of amides is 1. The first kappa shape index (κ1) is 16.6. The van der Waals surface area contributed by atoms with E-state index in [-0.39, 0.29) is 17.8 Å². The summed E-state index contributed by atoms with van der Waals surface area (Å²) in [7, 11) is 0. The van der Waals surface area contributed by atoms with Gasteiger partial charge in [-0.1, -0.05) is 18.2 Å². The van der Waals surface area contributed by atoms with Crippen LogP contribution in [0.3, 0.4) is 0 Å². The Morgan fingerprint density at radius 3 is 2.92 bits per heavy atom. The van der Waals surface area contributed by atoms with E-state index in [0.717, 1.165) is 18.4 Å². The average Bonchev–Trinajstić information content (AvgIpc) is 2.81. The summed E-state index contributed by atoms with van der Waals surface area (Å²) in [4.78, 5) is 18.6. The summed E-state index contributed by atoms with van der Waals surface area (Å²) < 4.78 is 13.8. The molecule has 1 fully saturated rings. The molecule has 2 aromatic rings. The predicted molar refractivity (Wildman–Crippen MR) is 89.2 cm³/mol. The molecule has 126 valence electrons. The van der Waals surface area contributed by atoms with E-state index in [1.54, 1.807) is 41.6 Å². The molecule has 0 unspecified atom stereocenters. The Labute approximate surface area is 141 Å². The number of hydrogen-bond acceptors (Lipinski definition) is 3. The molecule has 4 nitrogen and oxygen atoms in total. The summed E-state index contributed by atoms with van der Waals surface area (Å²) in [6.45, 7) is 1.20. The van der Waals surface area contributed by atoms with Crippen LogP contribution in [0.4, 0.5) is 4.39 Å².